The molecule has 0 saturated carbocycles. The van der Waals surface area contributed by atoms with E-state index >= 15 is 0 Å². The minimum atomic E-state index is 0.445. The van der Waals surface area contributed by atoms with Crippen LogP contribution in [0.2, 0.25) is 0 Å². The van der Waals surface area contributed by atoms with Crippen molar-refractivity contribution in [3.63, 3.8) is 0 Å². The van der Waals surface area contributed by atoms with Crippen molar-refractivity contribution in [2.24, 2.45) is 5.92 Å². The third-order valence-corrected chi connectivity index (χ3v) is 3.61. The number of benzene rings is 1. The highest BCUT2D eigenvalue weighted by Gasteiger charge is 2.10. The van der Waals surface area contributed by atoms with Crippen molar-refractivity contribution in [3.8, 4) is 0 Å². The van der Waals surface area contributed by atoms with E-state index in [0.717, 1.165) is 5.92 Å². The van der Waals surface area contributed by atoms with Gasteiger partial charge in [0, 0.05) is 12.1 Å². The largest absolute Gasteiger partial charge is 0.308 e. The Morgan fingerprint density at radius 1 is 1.00 bits per heavy atom. The van der Waals surface area contributed by atoms with Crippen LogP contribution in [0.3, 0.4) is 0 Å². The predicted molar refractivity (Wildman–Crippen MR) is 80.9 cm³/mol. The Balaban J connectivity index is 2.40. The maximum absolute atomic E-state index is 3.71. The van der Waals surface area contributed by atoms with Crippen molar-refractivity contribution in [3.05, 3.63) is 35.4 Å². The van der Waals surface area contributed by atoms with Gasteiger partial charge in [0.1, 0.15) is 0 Å². The summed E-state index contributed by atoms with van der Waals surface area (Å²) in [6, 6.07) is 9.70. The van der Waals surface area contributed by atoms with Crippen LogP contribution in [0.5, 0.6) is 0 Å². The van der Waals surface area contributed by atoms with Crippen molar-refractivity contribution < 1.29 is 0 Å². The highest BCUT2D eigenvalue weighted by molar-refractivity contribution is 5.28. The molecule has 0 spiro atoms. The molecule has 1 N–H and O–H groups in total. The molecule has 0 aliphatic rings. The van der Waals surface area contributed by atoms with Gasteiger partial charge in [0.05, 0.1) is 0 Å². The fraction of sp³-hybridized carbons (Fsp3) is 0.647. The summed E-state index contributed by atoms with van der Waals surface area (Å²) in [5.74, 6) is 0.825. The van der Waals surface area contributed by atoms with E-state index in [4.69, 9.17) is 0 Å². The third kappa shape index (κ3) is 5.22. The molecule has 0 fully saturated rings. The molecule has 0 saturated heterocycles. The molecule has 1 rings (SSSR count). The maximum Gasteiger partial charge on any atom is 0.0296 e. The predicted octanol–water partition coefficient (Wildman–Crippen LogP) is 4.86. The lowest BCUT2D eigenvalue weighted by Crippen LogP contribution is -2.29. The molecule has 2 unspecified atom stereocenters. The van der Waals surface area contributed by atoms with Gasteiger partial charge in [0.2, 0.25) is 0 Å². The highest BCUT2D eigenvalue weighted by Crippen LogP contribution is 2.18. The van der Waals surface area contributed by atoms with E-state index < -0.39 is 0 Å². The highest BCUT2D eigenvalue weighted by atomic mass is 14.9. The first-order valence-corrected chi connectivity index (χ1v) is 7.32. The molecule has 0 aliphatic heterocycles. The Labute approximate surface area is 113 Å². The lowest BCUT2D eigenvalue weighted by molar-refractivity contribution is 0.423. The molecule has 1 aromatic carbocycles. The molecule has 1 nitrogen and oxygen atoms in total. The molecule has 0 aromatic heterocycles. The second kappa shape index (κ2) is 7.58. The van der Waals surface area contributed by atoms with Crippen LogP contribution < -0.4 is 5.32 Å². The summed E-state index contributed by atoms with van der Waals surface area (Å²) >= 11 is 0. The molecule has 18 heavy (non-hydrogen) atoms. The van der Waals surface area contributed by atoms with Crippen molar-refractivity contribution >= 4 is 0 Å². The summed E-state index contributed by atoms with van der Waals surface area (Å²) in [6.07, 6.45) is 3.94. The Kier molecular flexibility index (Phi) is 6.42. The first-order valence-electron chi connectivity index (χ1n) is 7.32. The van der Waals surface area contributed by atoms with E-state index in [1.807, 2.05) is 0 Å². The second-order valence-electron chi connectivity index (χ2n) is 5.97. The zero-order valence-electron chi connectivity index (χ0n) is 12.7. The average Bonchev–Trinajstić information content (AvgIpc) is 2.28. The third-order valence-electron chi connectivity index (χ3n) is 3.61. The van der Waals surface area contributed by atoms with Gasteiger partial charge in [-0.05, 0) is 44.2 Å². The molecule has 0 amide bonds. The van der Waals surface area contributed by atoms with Crippen LogP contribution in [0.4, 0.5) is 0 Å². The summed E-state index contributed by atoms with van der Waals surface area (Å²) in [6.45, 7) is 11.4. The minimum absolute atomic E-state index is 0.445. The number of hydrogen-bond acceptors (Lipinski definition) is 1. The van der Waals surface area contributed by atoms with E-state index in [0.29, 0.717) is 12.1 Å². The van der Waals surface area contributed by atoms with Crippen LogP contribution in [0.1, 0.15) is 64.1 Å². The van der Waals surface area contributed by atoms with Gasteiger partial charge in [-0.3, -0.25) is 0 Å². The van der Waals surface area contributed by atoms with E-state index in [-0.39, 0.29) is 0 Å². The smallest absolute Gasteiger partial charge is 0.0296 e. The van der Waals surface area contributed by atoms with Crippen LogP contribution in [0.25, 0.3) is 0 Å². The first-order chi connectivity index (χ1) is 8.50. The molecule has 2 atom stereocenters. The molecule has 1 heteroatoms. The SMILES string of the molecule is Cc1ccccc1C(C)NC(C)CCCC(C)C. The Hall–Kier alpha value is -0.820. The van der Waals surface area contributed by atoms with Crippen molar-refractivity contribution in [1.29, 1.82) is 0 Å². The van der Waals surface area contributed by atoms with Crippen LogP contribution >= 0.6 is 0 Å². The van der Waals surface area contributed by atoms with Crippen molar-refractivity contribution in [1.82, 2.24) is 5.32 Å². The quantitative estimate of drug-likeness (QED) is 0.725. The summed E-state index contributed by atoms with van der Waals surface area (Å²) in [5, 5.41) is 3.71. The summed E-state index contributed by atoms with van der Waals surface area (Å²) in [5.41, 5.74) is 2.81. The van der Waals surface area contributed by atoms with Gasteiger partial charge in [-0.15, -0.1) is 0 Å². The van der Waals surface area contributed by atoms with Gasteiger partial charge in [0.15, 0.2) is 0 Å². The van der Waals surface area contributed by atoms with Crippen LogP contribution in [-0.4, -0.2) is 6.04 Å². The topological polar surface area (TPSA) is 12.0 Å². The lowest BCUT2D eigenvalue weighted by atomic mass is 10.00. The number of hydrogen-bond donors (Lipinski definition) is 1. The van der Waals surface area contributed by atoms with Gasteiger partial charge in [-0.1, -0.05) is 51.0 Å². The number of rotatable bonds is 7. The lowest BCUT2D eigenvalue weighted by Gasteiger charge is -2.22. The first kappa shape index (κ1) is 15.2. The summed E-state index contributed by atoms with van der Waals surface area (Å²) < 4.78 is 0. The number of aryl methyl sites for hydroxylation is 1. The molecular weight excluding hydrogens is 218 g/mol. The van der Waals surface area contributed by atoms with Crippen LogP contribution in [0.15, 0.2) is 24.3 Å². The zero-order valence-corrected chi connectivity index (χ0v) is 12.7. The van der Waals surface area contributed by atoms with Crippen LogP contribution in [-0.2, 0) is 0 Å². The van der Waals surface area contributed by atoms with Gasteiger partial charge in [-0.25, -0.2) is 0 Å². The minimum Gasteiger partial charge on any atom is -0.308 e. The molecule has 1 aromatic rings. The number of nitrogens with one attached hydrogen (secondary N) is 1. The summed E-state index contributed by atoms with van der Waals surface area (Å²) in [4.78, 5) is 0. The molecule has 0 bridgehead atoms. The molecule has 0 heterocycles. The molecule has 0 aliphatic carbocycles. The zero-order chi connectivity index (χ0) is 13.5. The van der Waals surface area contributed by atoms with E-state index in [1.54, 1.807) is 0 Å². The Bertz CT molecular complexity index is 343. The standard InChI is InChI=1S/C17H29N/c1-13(2)9-8-11-15(4)18-16(5)17-12-7-6-10-14(17)3/h6-7,10,12-13,15-16,18H,8-9,11H2,1-5H3. The molecule has 0 radical (unpaired) electrons. The van der Waals surface area contributed by atoms with Crippen LogP contribution in [0, 0.1) is 12.8 Å². The second-order valence-corrected chi connectivity index (χ2v) is 5.97. The molecule has 102 valence electrons. The Morgan fingerprint density at radius 2 is 1.67 bits per heavy atom. The van der Waals surface area contributed by atoms with E-state index in [9.17, 15) is 0 Å². The monoisotopic (exact) mass is 247 g/mol. The summed E-state index contributed by atoms with van der Waals surface area (Å²) in [7, 11) is 0. The van der Waals surface area contributed by atoms with E-state index in [2.05, 4.69) is 64.2 Å². The van der Waals surface area contributed by atoms with Gasteiger partial charge in [-0.2, -0.15) is 0 Å². The van der Waals surface area contributed by atoms with E-state index in [1.165, 1.54) is 30.4 Å². The average molecular weight is 247 g/mol. The Morgan fingerprint density at radius 3 is 2.28 bits per heavy atom. The maximum atomic E-state index is 3.71. The fourth-order valence-electron chi connectivity index (χ4n) is 2.50. The normalized spacial score (nSPS) is 14.8. The van der Waals surface area contributed by atoms with Gasteiger partial charge >= 0.3 is 0 Å². The van der Waals surface area contributed by atoms with Gasteiger partial charge in [0.25, 0.3) is 0 Å². The van der Waals surface area contributed by atoms with Gasteiger partial charge < -0.3 is 5.32 Å². The van der Waals surface area contributed by atoms with Crippen molar-refractivity contribution in [2.75, 3.05) is 0 Å². The molecular formula is C17H29N. The fourth-order valence-corrected chi connectivity index (χ4v) is 2.50. The van der Waals surface area contributed by atoms with Crippen molar-refractivity contribution in [2.45, 2.75) is 66.0 Å².